The van der Waals surface area contributed by atoms with E-state index in [9.17, 15) is 0 Å². The van der Waals surface area contributed by atoms with E-state index in [2.05, 4.69) is 35.4 Å². The van der Waals surface area contributed by atoms with Crippen LogP contribution in [0.1, 0.15) is 39.5 Å². The van der Waals surface area contributed by atoms with Gasteiger partial charge in [-0.05, 0) is 12.8 Å². The van der Waals surface area contributed by atoms with Gasteiger partial charge in [0.25, 0.3) is 0 Å². The summed E-state index contributed by atoms with van der Waals surface area (Å²) >= 11 is 2.06. The van der Waals surface area contributed by atoms with Gasteiger partial charge in [0.1, 0.15) is 0 Å². The maximum atomic E-state index is 2.58. The van der Waals surface area contributed by atoms with Crippen molar-refractivity contribution in [2.45, 2.75) is 39.5 Å². The van der Waals surface area contributed by atoms with Crippen LogP contribution in [0.2, 0.25) is 0 Å². The van der Waals surface area contributed by atoms with Gasteiger partial charge in [-0.25, -0.2) is 0 Å². The van der Waals surface area contributed by atoms with Gasteiger partial charge in [0.05, 0.1) is 6.67 Å². The standard InChI is InChI=1S/C11H24N2S/c1-3-5-7-12-9-13(8-6-4-2)11-14-10-12/h3-11H2,1-2H3. The Labute approximate surface area is 93.0 Å². The zero-order valence-electron chi connectivity index (χ0n) is 9.67. The molecule has 0 atom stereocenters. The van der Waals surface area contributed by atoms with E-state index in [1.54, 1.807) is 0 Å². The van der Waals surface area contributed by atoms with E-state index < -0.39 is 0 Å². The van der Waals surface area contributed by atoms with Crippen LogP contribution in [0.15, 0.2) is 0 Å². The molecule has 1 heterocycles. The Morgan fingerprint density at radius 1 is 0.929 bits per heavy atom. The third-order valence-electron chi connectivity index (χ3n) is 2.60. The Kier molecular flexibility index (Phi) is 6.65. The van der Waals surface area contributed by atoms with Gasteiger partial charge in [-0.15, -0.1) is 11.8 Å². The lowest BCUT2D eigenvalue weighted by molar-refractivity contribution is 0.155. The molecule has 2 nitrogen and oxygen atoms in total. The van der Waals surface area contributed by atoms with Crippen LogP contribution in [0.5, 0.6) is 0 Å². The molecule has 0 radical (unpaired) electrons. The third kappa shape index (κ3) is 4.67. The fourth-order valence-corrected chi connectivity index (χ4v) is 2.72. The third-order valence-corrected chi connectivity index (χ3v) is 3.70. The molecule has 0 aliphatic carbocycles. The highest BCUT2D eigenvalue weighted by Crippen LogP contribution is 2.15. The van der Waals surface area contributed by atoms with Crippen LogP contribution in [0.3, 0.4) is 0 Å². The number of thioether (sulfide) groups is 1. The van der Waals surface area contributed by atoms with Crippen LogP contribution in [0.4, 0.5) is 0 Å². The van der Waals surface area contributed by atoms with Gasteiger partial charge in [-0.2, -0.15) is 0 Å². The van der Waals surface area contributed by atoms with Crippen LogP contribution in [0.25, 0.3) is 0 Å². The van der Waals surface area contributed by atoms with E-state index in [1.165, 1.54) is 57.2 Å². The highest BCUT2D eigenvalue weighted by Gasteiger charge is 2.15. The van der Waals surface area contributed by atoms with Gasteiger partial charge in [-0.1, -0.05) is 26.7 Å². The molecule has 0 aromatic heterocycles. The highest BCUT2D eigenvalue weighted by atomic mass is 32.2. The molecule has 0 bridgehead atoms. The normalized spacial score (nSPS) is 20.1. The van der Waals surface area contributed by atoms with E-state index in [4.69, 9.17) is 0 Å². The smallest absolute Gasteiger partial charge is 0.0521 e. The summed E-state index contributed by atoms with van der Waals surface area (Å²) in [5, 5.41) is 0. The first-order chi connectivity index (χ1) is 6.86. The topological polar surface area (TPSA) is 6.48 Å². The Morgan fingerprint density at radius 3 is 1.86 bits per heavy atom. The first kappa shape index (κ1) is 12.3. The Hall–Kier alpha value is 0.270. The van der Waals surface area contributed by atoms with Crippen molar-refractivity contribution in [1.82, 2.24) is 9.80 Å². The second-order valence-corrected chi connectivity index (χ2v) is 5.02. The van der Waals surface area contributed by atoms with Crippen LogP contribution < -0.4 is 0 Å². The van der Waals surface area contributed by atoms with E-state index in [0.717, 1.165) is 0 Å². The number of nitrogens with zero attached hydrogens (tertiary/aromatic N) is 2. The summed E-state index contributed by atoms with van der Waals surface area (Å²) in [6, 6.07) is 0. The Morgan fingerprint density at radius 2 is 1.43 bits per heavy atom. The largest absolute Gasteiger partial charge is 0.281 e. The van der Waals surface area contributed by atoms with Crippen molar-refractivity contribution in [3.63, 3.8) is 0 Å². The van der Waals surface area contributed by atoms with Gasteiger partial charge in [0.15, 0.2) is 0 Å². The molecule has 0 spiro atoms. The van der Waals surface area contributed by atoms with Crippen LogP contribution >= 0.6 is 11.8 Å². The van der Waals surface area contributed by atoms with Crippen molar-refractivity contribution in [2.75, 3.05) is 31.5 Å². The van der Waals surface area contributed by atoms with Gasteiger partial charge < -0.3 is 0 Å². The van der Waals surface area contributed by atoms with Crippen molar-refractivity contribution in [2.24, 2.45) is 0 Å². The first-order valence-electron chi connectivity index (χ1n) is 5.89. The van der Waals surface area contributed by atoms with Gasteiger partial charge in [-0.3, -0.25) is 9.80 Å². The number of rotatable bonds is 6. The molecule has 0 aromatic carbocycles. The second kappa shape index (κ2) is 7.55. The summed E-state index contributed by atoms with van der Waals surface area (Å²) in [6.07, 6.45) is 5.33. The van der Waals surface area contributed by atoms with Crippen LogP contribution in [-0.2, 0) is 0 Å². The van der Waals surface area contributed by atoms with E-state index in [1.807, 2.05) is 0 Å². The summed E-state index contributed by atoms with van der Waals surface area (Å²) in [5.41, 5.74) is 0. The minimum Gasteiger partial charge on any atom is -0.281 e. The lowest BCUT2D eigenvalue weighted by atomic mass is 10.3. The number of hydrogen-bond donors (Lipinski definition) is 0. The van der Waals surface area contributed by atoms with Gasteiger partial charge >= 0.3 is 0 Å². The lowest BCUT2D eigenvalue weighted by Crippen LogP contribution is -2.42. The number of hydrogen-bond acceptors (Lipinski definition) is 3. The maximum Gasteiger partial charge on any atom is 0.0521 e. The lowest BCUT2D eigenvalue weighted by Gasteiger charge is -2.35. The van der Waals surface area contributed by atoms with E-state index in [0.29, 0.717) is 0 Å². The summed E-state index contributed by atoms with van der Waals surface area (Å²) in [5.74, 6) is 2.48. The number of unbranched alkanes of at least 4 members (excludes halogenated alkanes) is 2. The summed E-state index contributed by atoms with van der Waals surface area (Å²) in [6.45, 7) is 8.31. The average molecular weight is 216 g/mol. The van der Waals surface area contributed by atoms with Crippen LogP contribution in [-0.4, -0.2) is 41.3 Å². The molecule has 1 aliphatic heterocycles. The Balaban J connectivity index is 2.14. The highest BCUT2D eigenvalue weighted by molar-refractivity contribution is 7.99. The summed E-state index contributed by atoms with van der Waals surface area (Å²) in [7, 11) is 0. The van der Waals surface area contributed by atoms with Crippen molar-refractivity contribution in [3.8, 4) is 0 Å². The van der Waals surface area contributed by atoms with E-state index >= 15 is 0 Å². The maximum absolute atomic E-state index is 2.58. The van der Waals surface area contributed by atoms with Crippen molar-refractivity contribution < 1.29 is 0 Å². The molecular weight excluding hydrogens is 192 g/mol. The van der Waals surface area contributed by atoms with Crippen molar-refractivity contribution in [1.29, 1.82) is 0 Å². The molecule has 84 valence electrons. The molecule has 0 saturated carbocycles. The van der Waals surface area contributed by atoms with Gasteiger partial charge in [0.2, 0.25) is 0 Å². The SMILES string of the molecule is CCCCN1CSCN(CCCC)C1. The fourth-order valence-electron chi connectivity index (χ4n) is 1.70. The molecule has 3 heteroatoms. The second-order valence-electron chi connectivity index (χ2n) is 4.10. The molecule has 1 fully saturated rings. The van der Waals surface area contributed by atoms with Crippen LogP contribution in [0, 0.1) is 0 Å². The predicted molar refractivity (Wildman–Crippen MR) is 65.4 cm³/mol. The molecule has 14 heavy (non-hydrogen) atoms. The zero-order valence-corrected chi connectivity index (χ0v) is 10.5. The predicted octanol–water partition coefficient (Wildman–Crippen LogP) is 2.81. The van der Waals surface area contributed by atoms with Gasteiger partial charge in [0, 0.05) is 24.8 Å². The molecule has 0 unspecified atom stereocenters. The quantitative estimate of drug-likeness (QED) is 0.674. The Bertz CT molecular complexity index is 127. The molecular formula is C11H24N2S. The minimum atomic E-state index is 1.20. The molecule has 1 rings (SSSR count). The summed E-state index contributed by atoms with van der Waals surface area (Å²) < 4.78 is 0. The average Bonchev–Trinajstić information content (AvgIpc) is 2.24. The molecule has 1 saturated heterocycles. The zero-order chi connectivity index (χ0) is 10.2. The minimum absolute atomic E-state index is 1.20. The van der Waals surface area contributed by atoms with Crippen molar-refractivity contribution in [3.05, 3.63) is 0 Å². The fraction of sp³-hybridized carbons (Fsp3) is 1.00. The monoisotopic (exact) mass is 216 g/mol. The molecule has 0 aromatic rings. The van der Waals surface area contributed by atoms with Crippen molar-refractivity contribution >= 4 is 11.8 Å². The van der Waals surface area contributed by atoms with E-state index in [-0.39, 0.29) is 0 Å². The molecule has 0 N–H and O–H groups in total. The molecule has 0 amide bonds. The first-order valence-corrected chi connectivity index (χ1v) is 7.04. The molecule has 1 aliphatic rings. The summed E-state index contributed by atoms with van der Waals surface area (Å²) in [4.78, 5) is 5.15.